The highest BCUT2D eigenvalue weighted by Gasteiger charge is 2.20. The van der Waals surface area contributed by atoms with Crippen LogP contribution < -0.4 is 5.32 Å². The van der Waals surface area contributed by atoms with Crippen molar-refractivity contribution in [2.75, 3.05) is 7.11 Å². The largest absolute Gasteiger partial charge is 0.467 e. The number of unbranched alkanes of at least 4 members (excludes halogenated alkanes) is 1. The van der Waals surface area contributed by atoms with E-state index < -0.39 is 12.0 Å². The molecule has 0 spiro atoms. The van der Waals surface area contributed by atoms with Gasteiger partial charge in [0.2, 0.25) is 5.91 Å². The summed E-state index contributed by atoms with van der Waals surface area (Å²) in [7, 11) is 1.29. The molecule has 0 saturated carbocycles. The number of ether oxygens (including phenoxy) is 1. The average molecular weight is 293 g/mol. The molecule has 5 heteroatoms. The van der Waals surface area contributed by atoms with Gasteiger partial charge in [-0.25, -0.2) is 9.18 Å². The van der Waals surface area contributed by atoms with E-state index in [9.17, 15) is 14.0 Å². The molecule has 0 aliphatic rings. The molecule has 114 valence electrons. The molecular formula is C16H20FNO3. The van der Waals surface area contributed by atoms with Crippen LogP contribution in [0, 0.1) is 5.82 Å². The lowest BCUT2D eigenvalue weighted by Crippen LogP contribution is -2.42. The van der Waals surface area contributed by atoms with Gasteiger partial charge in [-0.2, -0.15) is 0 Å². The molecule has 1 N–H and O–H groups in total. The van der Waals surface area contributed by atoms with Gasteiger partial charge in [-0.15, -0.1) is 6.58 Å². The Kier molecular flexibility index (Phi) is 7.15. The van der Waals surface area contributed by atoms with E-state index in [0.29, 0.717) is 12.0 Å². The summed E-state index contributed by atoms with van der Waals surface area (Å²) in [5, 5.41) is 2.65. The number of esters is 1. The SMILES string of the molecule is C=CCCC[C@H](NC(=O)Cc1ccc(F)cc1)C(=O)OC. The fourth-order valence-corrected chi connectivity index (χ4v) is 1.89. The van der Waals surface area contributed by atoms with Crippen LogP contribution in [-0.4, -0.2) is 25.0 Å². The molecule has 21 heavy (non-hydrogen) atoms. The normalized spacial score (nSPS) is 11.5. The summed E-state index contributed by atoms with van der Waals surface area (Å²) < 4.78 is 17.5. The first kappa shape index (κ1) is 16.9. The molecular weight excluding hydrogens is 273 g/mol. The number of methoxy groups -OCH3 is 1. The van der Waals surface area contributed by atoms with Crippen molar-refractivity contribution in [3.63, 3.8) is 0 Å². The number of hydrogen-bond donors (Lipinski definition) is 1. The number of nitrogens with one attached hydrogen (secondary N) is 1. The van der Waals surface area contributed by atoms with Crippen molar-refractivity contribution >= 4 is 11.9 Å². The van der Waals surface area contributed by atoms with Crippen LogP contribution in [0.25, 0.3) is 0 Å². The van der Waals surface area contributed by atoms with Crippen molar-refractivity contribution in [2.45, 2.75) is 31.7 Å². The lowest BCUT2D eigenvalue weighted by molar-refractivity contribution is -0.145. The van der Waals surface area contributed by atoms with E-state index in [-0.39, 0.29) is 18.1 Å². The Bertz CT molecular complexity index is 485. The van der Waals surface area contributed by atoms with Gasteiger partial charge in [0.1, 0.15) is 11.9 Å². The predicted molar refractivity (Wildman–Crippen MR) is 78.1 cm³/mol. The summed E-state index contributed by atoms with van der Waals surface area (Å²) in [5.41, 5.74) is 0.684. The second-order valence-corrected chi connectivity index (χ2v) is 4.67. The van der Waals surface area contributed by atoms with Gasteiger partial charge in [0, 0.05) is 0 Å². The molecule has 0 unspecified atom stereocenters. The maximum Gasteiger partial charge on any atom is 0.328 e. The fraction of sp³-hybridized carbons (Fsp3) is 0.375. The first-order chi connectivity index (χ1) is 10.1. The van der Waals surface area contributed by atoms with Crippen LogP contribution in [0.3, 0.4) is 0 Å². The summed E-state index contributed by atoms with van der Waals surface area (Å²) in [6.45, 7) is 3.61. The Balaban J connectivity index is 2.56. The second kappa shape index (κ2) is 8.89. The van der Waals surface area contributed by atoms with E-state index in [1.165, 1.54) is 19.2 Å². The first-order valence-corrected chi connectivity index (χ1v) is 6.79. The Labute approximate surface area is 124 Å². The van der Waals surface area contributed by atoms with Crippen molar-refractivity contribution in [1.82, 2.24) is 5.32 Å². The number of carbonyl (C=O) groups is 2. The minimum Gasteiger partial charge on any atom is -0.467 e. The van der Waals surface area contributed by atoms with Gasteiger partial charge in [0.25, 0.3) is 0 Å². The van der Waals surface area contributed by atoms with Crippen LogP contribution in [0.15, 0.2) is 36.9 Å². The Morgan fingerprint density at radius 1 is 1.38 bits per heavy atom. The standard InChI is InChI=1S/C16H20FNO3/c1-3-4-5-6-14(16(20)21-2)18-15(19)11-12-7-9-13(17)10-8-12/h3,7-10,14H,1,4-6,11H2,2H3,(H,18,19)/t14-/m0/s1. The molecule has 0 aliphatic carbocycles. The van der Waals surface area contributed by atoms with Gasteiger partial charge in [0.05, 0.1) is 13.5 Å². The zero-order valence-corrected chi connectivity index (χ0v) is 12.1. The molecule has 1 rings (SSSR count). The number of amides is 1. The number of carbonyl (C=O) groups excluding carboxylic acids is 2. The molecule has 1 atom stereocenters. The highest BCUT2D eigenvalue weighted by Crippen LogP contribution is 2.06. The van der Waals surface area contributed by atoms with Crippen LogP contribution in [0.5, 0.6) is 0 Å². The first-order valence-electron chi connectivity index (χ1n) is 6.79. The van der Waals surface area contributed by atoms with Gasteiger partial charge < -0.3 is 10.1 Å². The Morgan fingerprint density at radius 2 is 2.05 bits per heavy atom. The van der Waals surface area contributed by atoms with Crippen molar-refractivity contribution in [3.8, 4) is 0 Å². The highest BCUT2D eigenvalue weighted by atomic mass is 19.1. The molecule has 1 aromatic carbocycles. The molecule has 0 aliphatic heterocycles. The maximum absolute atomic E-state index is 12.8. The average Bonchev–Trinajstić information content (AvgIpc) is 2.48. The Morgan fingerprint density at radius 3 is 2.62 bits per heavy atom. The van der Waals surface area contributed by atoms with E-state index in [2.05, 4.69) is 16.6 Å². The smallest absolute Gasteiger partial charge is 0.328 e. The lowest BCUT2D eigenvalue weighted by atomic mass is 10.1. The van der Waals surface area contributed by atoms with Crippen LogP contribution in [0.1, 0.15) is 24.8 Å². The van der Waals surface area contributed by atoms with Crippen molar-refractivity contribution in [1.29, 1.82) is 0 Å². The number of halogens is 1. The molecule has 4 nitrogen and oxygen atoms in total. The van der Waals surface area contributed by atoms with Gasteiger partial charge >= 0.3 is 5.97 Å². The zero-order valence-electron chi connectivity index (χ0n) is 12.1. The predicted octanol–water partition coefficient (Wildman–Crippen LogP) is 2.38. The summed E-state index contributed by atoms with van der Waals surface area (Å²) in [4.78, 5) is 23.6. The molecule has 0 fully saturated rings. The minimum absolute atomic E-state index is 0.0925. The van der Waals surface area contributed by atoms with Crippen LogP contribution in [-0.2, 0) is 20.7 Å². The van der Waals surface area contributed by atoms with Crippen LogP contribution >= 0.6 is 0 Å². The van der Waals surface area contributed by atoms with E-state index >= 15 is 0 Å². The van der Waals surface area contributed by atoms with E-state index in [1.807, 2.05) is 0 Å². The van der Waals surface area contributed by atoms with E-state index in [0.717, 1.165) is 12.8 Å². The highest BCUT2D eigenvalue weighted by molar-refractivity contribution is 5.85. The monoisotopic (exact) mass is 293 g/mol. The summed E-state index contributed by atoms with van der Waals surface area (Å²) in [5.74, 6) is -1.11. The van der Waals surface area contributed by atoms with Gasteiger partial charge in [-0.1, -0.05) is 18.2 Å². The van der Waals surface area contributed by atoms with Crippen molar-refractivity contribution < 1.29 is 18.7 Å². The maximum atomic E-state index is 12.8. The molecule has 0 bridgehead atoms. The summed E-state index contributed by atoms with van der Waals surface area (Å²) in [6, 6.07) is 5.01. The number of benzene rings is 1. The zero-order chi connectivity index (χ0) is 15.7. The Hall–Kier alpha value is -2.17. The third kappa shape index (κ3) is 6.21. The molecule has 0 aromatic heterocycles. The molecule has 1 aromatic rings. The third-order valence-electron chi connectivity index (χ3n) is 3.00. The van der Waals surface area contributed by atoms with Crippen molar-refractivity contribution in [3.05, 3.63) is 48.3 Å². The number of allylic oxidation sites excluding steroid dienone is 1. The van der Waals surface area contributed by atoms with E-state index in [1.54, 1.807) is 18.2 Å². The molecule has 1 amide bonds. The van der Waals surface area contributed by atoms with Gasteiger partial charge in [-0.3, -0.25) is 4.79 Å². The third-order valence-corrected chi connectivity index (χ3v) is 3.00. The topological polar surface area (TPSA) is 55.4 Å². The number of rotatable bonds is 8. The molecule has 0 radical (unpaired) electrons. The summed E-state index contributed by atoms with van der Waals surface area (Å²) >= 11 is 0. The molecule has 0 saturated heterocycles. The van der Waals surface area contributed by atoms with E-state index in [4.69, 9.17) is 0 Å². The molecule has 0 heterocycles. The van der Waals surface area contributed by atoms with Gasteiger partial charge in [-0.05, 0) is 37.0 Å². The summed E-state index contributed by atoms with van der Waals surface area (Å²) in [6.07, 6.45) is 3.85. The second-order valence-electron chi connectivity index (χ2n) is 4.67. The fourth-order valence-electron chi connectivity index (χ4n) is 1.89. The van der Waals surface area contributed by atoms with Crippen molar-refractivity contribution in [2.24, 2.45) is 0 Å². The quantitative estimate of drug-likeness (QED) is 0.455. The lowest BCUT2D eigenvalue weighted by Gasteiger charge is -2.16. The minimum atomic E-state index is -0.664. The van der Waals surface area contributed by atoms with Gasteiger partial charge in [0.15, 0.2) is 0 Å². The van der Waals surface area contributed by atoms with Crippen LogP contribution in [0.4, 0.5) is 4.39 Å². The number of hydrogen-bond acceptors (Lipinski definition) is 3. The van der Waals surface area contributed by atoms with Crippen LogP contribution in [0.2, 0.25) is 0 Å².